The molecule has 0 aliphatic carbocycles. The Morgan fingerprint density at radius 3 is 2.10 bits per heavy atom. The van der Waals surface area contributed by atoms with Crippen molar-refractivity contribution < 1.29 is 5.11 Å². The van der Waals surface area contributed by atoms with Crippen LogP contribution < -0.4 is 0 Å². The fourth-order valence-corrected chi connectivity index (χ4v) is 7.48. The van der Waals surface area contributed by atoms with Gasteiger partial charge >= 0.3 is 0 Å². The number of aliphatic hydroxyl groups is 1. The van der Waals surface area contributed by atoms with Gasteiger partial charge in [-0.05, 0) is 23.8 Å². The van der Waals surface area contributed by atoms with Crippen LogP contribution in [0.25, 0.3) is 0 Å². The third kappa shape index (κ3) is 3.95. The van der Waals surface area contributed by atoms with Gasteiger partial charge in [0.15, 0.2) is 0 Å². The van der Waals surface area contributed by atoms with Crippen molar-refractivity contribution in [1.82, 2.24) is 0 Å². The van der Waals surface area contributed by atoms with E-state index in [1.54, 1.807) is 0 Å². The van der Waals surface area contributed by atoms with Crippen LogP contribution in [0, 0.1) is 5.41 Å². The molecule has 1 aromatic carbocycles. The minimum atomic E-state index is -1.12. The van der Waals surface area contributed by atoms with Gasteiger partial charge in [0.25, 0.3) is 0 Å². The van der Waals surface area contributed by atoms with Gasteiger partial charge in [-0.25, -0.2) is 0 Å². The first kappa shape index (κ1) is 15.8. The van der Waals surface area contributed by atoms with Crippen LogP contribution in [0.1, 0.15) is 58.4 Å². The van der Waals surface area contributed by atoms with Gasteiger partial charge in [0.05, 0.1) is 14.0 Å². The highest BCUT2D eigenvalue weighted by Crippen LogP contribution is 2.39. The SMILES string of the molecule is CC(C)(C)CCC(O)(c1ccccc1)[SiH]1CCCCC1. The van der Waals surface area contributed by atoms with Crippen molar-refractivity contribution in [3.63, 3.8) is 0 Å². The highest BCUT2D eigenvalue weighted by atomic mass is 28.3. The Morgan fingerprint density at radius 1 is 0.950 bits per heavy atom. The molecule has 0 bridgehead atoms. The summed E-state index contributed by atoms with van der Waals surface area (Å²) in [5.41, 5.74) is 1.48. The maximum atomic E-state index is 11.5. The number of hydrogen-bond acceptors (Lipinski definition) is 1. The first-order valence-corrected chi connectivity index (χ1v) is 10.4. The Kier molecular flexibility index (Phi) is 5.08. The molecule has 1 saturated heterocycles. The summed E-state index contributed by atoms with van der Waals surface area (Å²) in [5, 5.41) is 11.0. The first-order chi connectivity index (χ1) is 9.42. The van der Waals surface area contributed by atoms with E-state index in [4.69, 9.17) is 0 Å². The van der Waals surface area contributed by atoms with Crippen molar-refractivity contribution in [1.29, 1.82) is 0 Å². The fraction of sp³-hybridized carbons (Fsp3) is 0.667. The van der Waals surface area contributed by atoms with E-state index in [9.17, 15) is 5.11 Å². The lowest BCUT2D eigenvalue weighted by atomic mass is 9.87. The zero-order valence-corrected chi connectivity index (χ0v) is 14.5. The van der Waals surface area contributed by atoms with Crippen LogP contribution in [0.3, 0.4) is 0 Å². The average molecular weight is 291 g/mol. The molecule has 1 fully saturated rings. The van der Waals surface area contributed by atoms with E-state index in [-0.39, 0.29) is 0 Å². The summed E-state index contributed by atoms with van der Waals surface area (Å²) in [5.74, 6) is 0. The zero-order valence-electron chi connectivity index (χ0n) is 13.4. The van der Waals surface area contributed by atoms with E-state index in [0.717, 1.165) is 12.8 Å². The fourth-order valence-electron chi connectivity index (χ4n) is 3.46. The van der Waals surface area contributed by atoms with Crippen molar-refractivity contribution in [2.24, 2.45) is 5.41 Å². The average Bonchev–Trinajstić information content (AvgIpc) is 2.46. The second kappa shape index (κ2) is 6.44. The molecule has 1 atom stereocenters. The Labute approximate surface area is 126 Å². The molecule has 1 N–H and O–H groups in total. The smallest absolute Gasteiger partial charge is 0.0810 e. The van der Waals surface area contributed by atoms with Crippen molar-refractivity contribution >= 4 is 8.80 Å². The van der Waals surface area contributed by atoms with Gasteiger partial charge in [0.1, 0.15) is 0 Å². The van der Waals surface area contributed by atoms with E-state index < -0.39 is 14.0 Å². The van der Waals surface area contributed by atoms with E-state index in [1.165, 1.54) is 36.9 Å². The number of hydrogen-bond donors (Lipinski definition) is 1. The number of rotatable bonds is 4. The van der Waals surface area contributed by atoms with E-state index in [1.807, 2.05) is 0 Å². The largest absolute Gasteiger partial charge is 0.389 e. The Bertz CT molecular complexity index is 403. The summed E-state index contributed by atoms with van der Waals surface area (Å²) >= 11 is 0. The summed E-state index contributed by atoms with van der Waals surface area (Å²) in [6.07, 6.45) is 6.08. The maximum Gasteiger partial charge on any atom is 0.0810 e. The molecule has 0 radical (unpaired) electrons. The minimum Gasteiger partial charge on any atom is -0.389 e. The zero-order chi connectivity index (χ0) is 14.6. The Hall–Kier alpha value is -0.603. The highest BCUT2D eigenvalue weighted by Gasteiger charge is 2.40. The molecule has 0 amide bonds. The molecule has 1 unspecified atom stereocenters. The minimum absolute atomic E-state index is 0.297. The molecule has 1 aliphatic heterocycles. The topological polar surface area (TPSA) is 20.2 Å². The predicted octanol–water partition coefficient (Wildman–Crippen LogP) is 4.65. The second-order valence-electron chi connectivity index (χ2n) is 7.69. The van der Waals surface area contributed by atoms with Gasteiger partial charge in [-0.15, -0.1) is 0 Å². The van der Waals surface area contributed by atoms with Gasteiger partial charge < -0.3 is 5.11 Å². The third-order valence-electron chi connectivity index (χ3n) is 4.81. The molecule has 0 aromatic heterocycles. The second-order valence-corrected chi connectivity index (χ2v) is 11.2. The molecule has 20 heavy (non-hydrogen) atoms. The van der Waals surface area contributed by atoms with Crippen molar-refractivity contribution in [3.05, 3.63) is 35.9 Å². The van der Waals surface area contributed by atoms with Crippen LogP contribution in [0.2, 0.25) is 12.1 Å². The van der Waals surface area contributed by atoms with Crippen LogP contribution in [0.5, 0.6) is 0 Å². The van der Waals surface area contributed by atoms with Gasteiger partial charge in [-0.3, -0.25) is 0 Å². The summed E-state index contributed by atoms with van der Waals surface area (Å²) in [6, 6.07) is 13.1. The first-order valence-electron chi connectivity index (χ1n) is 8.20. The predicted molar refractivity (Wildman–Crippen MR) is 89.6 cm³/mol. The van der Waals surface area contributed by atoms with Crippen LogP contribution >= 0.6 is 0 Å². The standard InChI is InChI=1S/C18H30OSi/c1-17(2,3)12-13-18(19,16-10-6-4-7-11-16)20-14-8-5-9-15-20/h4,6-7,10-11,19-20H,5,8-9,12-15H2,1-3H3. The normalized spacial score (nSPS) is 20.6. The third-order valence-corrected chi connectivity index (χ3v) is 8.99. The van der Waals surface area contributed by atoms with Gasteiger partial charge in [0.2, 0.25) is 0 Å². The van der Waals surface area contributed by atoms with E-state index in [0.29, 0.717) is 5.41 Å². The molecular formula is C18H30OSi. The van der Waals surface area contributed by atoms with Gasteiger partial charge in [0, 0.05) is 0 Å². The van der Waals surface area contributed by atoms with Gasteiger partial charge in [-0.1, -0.05) is 82.5 Å². The monoisotopic (exact) mass is 290 g/mol. The van der Waals surface area contributed by atoms with Crippen LogP contribution in [0.4, 0.5) is 0 Å². The summed E-state index contributed by atoms with van der Waals surface area (Å²) in [4.78, 5) is 0. The molecule has 2 heteroatoms. The van der Waals surface area contributed by atoms with Crippen LogP contribution in [-0.2, 0) is 5.22 Å². The Balaban J connectivity index is 2.22. The lowest BCUT2D eigenvalue weighted by Crippen LogP contribution is -2.44. The molecule has 0 spiro atoms. The molecule has 1 aliphatic rings. The maximum absolute atomic E-state index is 11.5. The Morgan fingerprint density at radius 2 is 1.55 bits per heavy atom. The quantitative estimate of drug-likeness (QED) is 0.800. The molecular weight excluding hydrogens is 260 g/mol. The van der Waals surface area contributed by atoms with Crippen LogP contribution in [-0.4, -0.2) is 13.9 Å². The molecule has 1 nitrogen and oxygen atoms in total. The van der Waals surface area contributed by atoms with Crippen molar-refractivity contribution in [3.8, 4) is 0 Å². The molecule has 1 heterocycles. The van der Waals surface area contributed by atoms with Crippen molar-refractivity contribution in [2.45, 2.75) is 70.2 Å². The van der Waals surface area contributed by atoms with Crippen LogP contribution in [0.15, 0.2) is 30.3 Å². The summed E-state index contributed by atoms with van der Waals surface area (Å²) < 4.78 is 0. The molecule has 1 aromatic rings. The molecule has 0 saturated carbocycles. The molecule has 112 valence electrons. The van der Waals surface area contributed by atoms with Crippen molar-refractivity contribution in [2.75, 3.05) is 0 Å². The lowest BCUT2D eigenvalue weighted by molar-refractivity contribution is 0.0909. The van der Waals surface area contributed by atoms with E-state index in [2.05, 4.69) is 51.1 Å². The highest BCUT2D eigenvalue weighted by molar-refractivity contribution is 6.61. The number of benzene rings is 1. The van der Waals surface area contributed by atoms with Gasteiger partial charge in [-0.2, -0.15) is 0 Å². The summed E-state index contributed by atoms with van der Waals surface area (Å²) in [7, 11) is -1.12. The molecule has 2 rings (SSSR count). The lowest BCUT2D eigenvalue weighted by Gasteiger charge is -2.39. The summed E-state index contributed by atoms with van der Waals surface area (Å²) in [6.45, 7) is 6.84. The van der Waals surface area contributed by atoms with E-state index >= 15 is 0 Å².